The van der Waals surface area contributed by atoms with E-state index in [1.165, 1.54) is 6.55 Å². The monoisotopic (exact) mass is 135 g/mol. The Labute approximate surface area is 50.7 Å². The van der Waals surface area contributed by atoms with Crippen molar-refractivity contribution in [2.75, 3.05) is 6.54 Å². The summed E-state index contributed by atoms with van der Waals surface area (Å²) >= 11 is 0. The van der Waals surface area contributed by atoms with E-state index in [0.717, 1.165) is 6.42 Å². The smallest absolute Gasteiger partial charge is 0.399 e. The molecule has 50 valence electrons. The van der Waals surface area contributed by atoms with E-state index in [4.69, 9.17) is 9.59 Å². The minimum Gasteiger partial charge on any atom is -0.399 e. The summed E-state index contributed by atoms with van der Waals surface area (Å²) in [7, 11) is -2.93. The molecule has 0 aromatic heterocycles. The van der Waals surface area contributed by atoms with Crippen LogP contribution in [0, 0.1) is 0 Å². The van der Waals surface area contributed by atoms with Gasteiger partial charge in [0.2, 0.25) is 0 Å². The largest absolute Gasteiger partial charge is 0.416 e. The van der Waals surface area contributed by atoms with Crippen molar-refractivity contribution in [3.05, 3.63) is 0 Å². The van der Waals surface area contributed by atoms with Crippen LogP contribution in [-0.4, -0.2) is 24.9 Å². The van der Waals surface area contributed by atoms with Crippen LogP contribution in [0.5, 0.6) is 0 Å². The van der Waals surface area contributed by atoms with Crippen LogP contribution in [0.3, 0.4) is 0 Å². The van der Waals surface area contributed by atoms with E-state index in [2.05, 4.69) is 4.98 Å². The number of hydrogen-bond donors (Lipinski definition) is 3. The number of rotatable bonds is 3. The van der Waals surface area contributed by atoms with Gasteiger partial charge in [0.25, 0.3) is 0 Å². The van der Waals surface area contributed by atoms with E-state index in [1.807, 2.05) is 6.92 Å². The van der Waals surface area contributed by atoms with Crippen molar-refractivity contribution in [3.8, 4) is 0 Å². The third kappa shape index (κ3) is 6.10. The molecule has 3 nitrogen and oxygen atoms in total. The van der Waals surface area contributed by atoms with Gasteiger partial charge in [-0.1, -0.05) is 6.92 Å². The van der Waals surface area contributed by atoms with Crippen LogP contribution >= 0.6 is 0 Å². The summed E-state index contributed by atoms with van der Waals surface area (Å²) in [6.45, 7) is 4.10. The van der Waals surface area contributed by atoms with E-state index < -0.39 is 8.72 Å². The Morgan fingerprint density at radius 1 is 1.50 bits per heavy atom. The first kappa shape index (κ1) is 8.10. The molecule has 0 aliphatic heterocycles. The first-order valence-corrected chi connectivity index (χ1v) is 5.15. The Hall–Kier alpha value is 0.0969. The van der Waals surface area contributed by atoms with Crippen LogP contribution in [-0.2, 0) is 0 Å². The van der Waals surface area contributed by atoms with Gasteiger partial charge in [0.05, 0.1) is 0 Å². The van der Waals surface area contributed by atoms with Gasteiger partial charge in [-0.15, -0.1) is 0 Å². The van der Waals surface area contributed by atoms with Crippen molar-refractivity contribution in [3.63, 3.8) is 0 Å². The normalized spacial score (nSPS) is 12.0. The quantitative estimate of drug-likeness (QED) is 0.459. The minimum atomic E-state index is -2.93. The molecule has 0 radical (unpaired) electrons. The third-order valence-electron chi connectivity index (χ3n) is 0.710. The van der Waals surface area contributed by atoms with Crippen LogP contribution < -0.4 is 4.98 Å². The molecule has 0 aliphatic rings. The van der Waals surface area contributed by atoms with E-state index >= 15 is 0 Å². The van der Waals surface area contributed by atoms with Gasteiger partial charge in [-0.3, -0.25) is 4.98 Å². The SMILES string of the molecule is CCCN[Si](C)(O)O. The molecule has 0 amide bonds. The van der Waals surface area contributed by atoms with Gasteiger partial charge in [0.15, 0.2) is 0 Å². The molecule has 0 fully saturated rings. The van der Waals surface area contributed by atoms with Gasteiger partial charge in [-0.05, 0) is 19.5 Å². The highest BCUT2D eigenvalue weighted by Gasteiger charge is 2.19. The maximum Gasteiger partial charge on any atom is 0.416 e. The average Bonchev–Trinajstić information content (AvgIpc) is 1.59. The summed E-state index contributed by atoms with van der Waals surface area (Å²) in [4.78, 5) is 20.1. The van der Waals surface area contributed by atoms with Crippen LogP contribution in [0.4, 0.5) is 0 Å². The number of nitrogens with one attached hydrogen (secondary N) is 1. The molecule has 0 spiro atoms. The summed E-state index contributed by atoms with van der Waals surface area (Å²) in [5.41, 5.74) is 0. The molecule has 0 saturated heterocycles. The van der Waals surface area contributed by atoms with Crippen molar-refractivity contribution >= 4 is 8.72 Å². The van der Waals surface area contributed by atoms with Gasteiger partial charge in [-0.25, -0.2) is 0 Å². The second-order valence-corrected chi connectivity index (χ2v) is 4.34. The zero-order chi connectivity index (χ0) is 6.62. The molecule has 0 bridgehead atoms. The van der Waals surface area contributed by atoms with Crippen molar-refractivity contribution < 1.29 is 9.59 Å². The highest BCUT2D eigenvalue weighted by molar-refractivity contribution is 6.60. The predicted molar refractivity (Wildman–Crippen MR) is 34.3 cm³/mol. The second kappa shape index (κ2) is 3.19. The van der Waals surface area contributed by atoms with Crippen LogP contribution in [0.15, 0.2) is 0 Å². The first-order valence-electron chi connectivity index (χ1n) is 2.76. The fourth-order valence-corrected chi connectivity index (χ4v) is 1.09. The van der Waals surface area contributed by atoms with Crippen LogP contribution in [0.25, 0.3) is 0 Å². The molecule has 3 N–H and O–H groups in total. The molecule has 0 aromatic rings. The van der Waals surface area contributed by atoms with Crippen molar-refractivity contribution in [2.45, 2.75) is 19.9 Å². The summed E-state index contributed by atoms with van der Waals surface area (Å²) in [5.74, 6) is 0. The predicted octanol–water partition coefficient (Wildman–Crippen LogP) is -0.461. The summed E-state index contributed by atoms with van der Waals surface area (Å²) in [5, 5.41) is 0. The van der Waals surface area contributed by atoms with Crippen molar-refractivity contribution in [1.29, 1.82) is 0 Å². The topological polar surface area (TPSA) is 52.5 Å². The van der Waals surface area contributed by atoms with Gasteiger partial charge >= 0.3 is 8.72 Å². The lowest BCUT2D eigenvalue weighted by molar-refractivity contribution is 0.349. The summed E-state index contributed by atoms with van der Waals surface area (Å²) < 4.78 is 0. The maximum absolute atomic E-state index is 8.73. The zero-order valence-corrected chi connectivity index (χ0v) is 6.31. The number of hydrogen-bond acceptors (Lipinski definition) is 3. The Morgan fingerprint density at radius 3 is 2.12 bits per heavy atom. The molecule has 0 heterocycles. The van der Waals surface area contributed by atoms with E-state index in [1.54, 1.807) is 0 Å². The van der Waals surface area contributed by atoms with Gasteiger partial charge in [0, 0.05) is 0 Å². The van der Waals surface area contributed by atoms with Gasteiger partial charge in [-0.2, -0.15) is 0 Å². The molecule has 8 heavy (non-hydrogen) atoms. The Bertz CT molecular complexity index is 61.5. The molecular weight excluding hydrogens is 122 g/mol. The molecule has 4 heteroatoms. The lowest BCUT2D eigenvalue weighted by Crippen LogP contribution is -2.48. The first-order chi connectivity index (χ1) is 3.56. The van der Waals surface area contributed by atoms with Crippen LogP contribution in [0.2, 0.25) is 6.55 Å². The molecule has 0 aliphatic carbocycles. The maximum atomic E-state index is 8.73. The fourth-order valence-electron chi connectivity index (χ4n) is 0.362. The third-order valence-corrected chi connectivity index (χ3v) is 1.63. The highest BCUT2D eigenvalue weighted by atomic mass is 28.4. The Balaban J connectivity index is 3.11. The van der Waals surface area contributed by atoms with E-state index in [0.29, 0.717) is 6.54 Å². The van der Waals surface area contributed by atoms with Gasteiger partial charge in [0.1, 0.15) is 0 Å². The fraction of sp³-hybridized carbons (Fsp3) is 1.00. The molecular formula is C4H13NO2Si. The molecule has 0 aromatic carbocycles. The molecule has 0 saturated carbocycles. The Kier molecular flexibility index (Phi) is 3.23. The summed E-state index contributed by atoms with van der Waals surface area (Å²) in [6, 6.07) is 0. The second-order valence-electron chi connectivity index (χ2n) is 1.95. The molecule has 0 atom stereocenters. The average molecular weight is 135 g/mol. The van der Waals surface area contributed by atoms with Crippen molar-refractivity contribution in [1.82, 2.24) is 4.98 Å². The Morgan fingerprint density at radius 2 is 2.00 bits per heavy atom. The molecule has 0 rings (SSSR count). The van der Waals surface area contributed by atoms with Gasteiger partial charge < -0.3 is 9.59 Å². The lowest BCUT2D eigenvalue weighted by atomic mass is 10.5. The lowest BCUT2D eigenvalue weighted by Gasteiger charge is -2.11. The standard InChI is InChI=1S/C4H13NO2Si/c1-3-4-5-8(2,6)7/h5-7H,3-4H2,1-2H3. The van der Waals surface area contributed by atoms with E-state index in [-0.39, 0.29) is 0 Å². The zero-order valence-electron chi connectivity index (χ0n) is 5.31. The van der Waals surface area contributed by atoms with E-state index in [9.17, 15) is 0 Å². The molecule has 0 unspecified atom stereocenters. The summed E-state index contributed by atoms with van der Waals surface area (Å²) in [6.07, 6.45) is 0.934. The highest BCUT2D eigenvalue weighted by Crippen LogP contribution is 1.82. The minimum absolute atomic E-state index is 0.690. The van der Waals surface area contributed by atoms with Crippen molar-refractivity contribution in [2.24, 2.45) is 0 Å². The van der Waals surface area contributed by atoms with Crippen LogP contribution in [0.1, 0.15) is 13.3 Å².